The Kier molecular flexibility index (Phi) is 10.9. The van der Waals surface area contributed by atoms with Crippen LogP contribution < -0.4 is 19.1 Å². The van der Waals surface area contributed by atoms with Gasteiger partial charge in [0.2, 0.25) is 21.8 Å². The van der Waals surface area contributed by atoms with E-state index >= 15 is 0 Å². The number of nitrogens with one attached hydrogen (secondary N) is 1. The second-order valence-electron chi connectivity index (χ2n) is 8.56. The normalized spacial score (nSPS) is 12.9. The van der Waals surface area contributed by atoms with Gasteiger partial charge in [0, 0.05) is 28.7 Å². The molecule has 0 aromatic heterocycles. The quantitative estimate of drug-likeness (QED) is 0.409. The molecule has 204 valence electrons. The first-order valence-electron chi connectivity index (χ1n) is 11.6. The molecule has 0 aliphatic rings. The molecule has 0 heterocycles. The van der Waals surface area contributed by atoms with E-state index in [4.69, 9.17) is 32.7 Å². The maximum absolute atomic E-state index is 13.7. The molecule has 2 atom stereocenters. The topological polar surface area (TPSA) is 105 Å². The number of methoxy groups -OCH3 is 2. The number of carbonyl (C=O) groups is 2. The fourth-order valence-electron chi connectivity index (χ4n) is 3.47. The van der Waals surface area contributed by atoms with Gasteiger partial charge in [0.25, 0.3) is 0 Å². The predicted molar refractivity (Wildman–Crippen MR) is 146 cm³/mol. The fraction of sp³-hybridized carbons (Fsp3) is 0.440. The van der Waals surface area contributed by atoms with E-state index < -0.39 is 28.5 Å². The molecule has 0 bridgehead atoms. The minimum Gasteiger partial charge on any atom is -0.497 e. The SMILES string of the molecule is CC[C@@H](C)NC(=O)[C@@H](C)N(Cc1ccc(Cl)cc1Cl)C(=O)CN(c1cc(OC)ccc1OC)S(C)(=O)=O. The van der Waals surface area contributed by atoms with Crippen molar-refractivity contribution in [3.05, 3.63) is 52.0 Å². The molecule has 0 radical (unpaired) electrons. The van der Waals surface area contributed by atoms with Crippen molar-refractivity contribution < 1.29 is 27.5 Å². The molecule has 0 aliphatic carbocycles. The van der Waals surface area contributed by atoms with Gasteiger partial charge in [-0.3, -0.25) is 13.9 Å². The van der Waals surface area contributed by atoms with Gasteiger partial charge in [0.15, 0.2) is 0 Å². The number of rotatable bonds is 12. The van der Waals surface area contributed by atoms with Crippen molar-refractivity contribution in [2.24, 2.45) is 0 Å². The Morgan fingerprint density at radius 2 is 1.73 bits per heavy atom. The summed E-state index contributed by atoms with van der Waals surface area (Å²) in [5.41, 5.74) is 0.673. The van der Waals surface area contributed by atoms with Gasteiger partial charge in [-0.2, -0.15) is 0 Å². The number of amides is 2. The first-order valence-corrected chi connectivity index (χ1v) is 14.2. The van der Waals surface area contributed by atoms with Crippen molar-refractivity contribution in [2.45, 2.75) is 45.8 Å². The van der Waals surface area contributed by atoms with Crippen LogP contribution in [0.3, 0.4) is 0 Å². The van der Waals surface area contributed by atoms with Crippen LogP contribution in [-0.4, -0.2) is 64.2 Å². The number of hydrogen-bond acceptors (Lipinski definition) is 6. The Morgan fingerprint density at radius 1 is 1.05 bits per heavy atom. The maximum Gasteiger partial charge on any atom is 0.244 e. The lowest BCUT2D eigenvalue weighted by Crippen LogP contribution is -2.52. The monoisotopic (exact) mass is 573 g/mol. The molecule has 2 amide bonds. The molecule has 0 unspecified atom stereocenters. The van der Waals surface area contributed by atoms with Crippen LogP contribution in [0.15, 0.2) is 36.4 Å². The van der Waals surface area contributed by atoms with Gasteiger partial charge in [-0.05, 0) is 50.1 Å². The van der Waals surface area contributed by atoms with Gasteiger partial charge in [0.05, 0.1) is 26.2 Å². The minimum atomic E-state index is -3.95. The third-order valence-corrected chi connectivity index (χ3v) is 7.57. The summed E-state index contributed by atoms with van der Waals surface area (Å²) in [6, 6.07) is 8.40. The highest BCUT2D eigenvalue weighted by Gasteiger charge is 2.32. The van der Waals surface area contributed by atoms with Gasteiger partial charge < -0.3 is 19.7 Å². The Morgan fingerprint density at radius 3 is 2.27 bits per heavy atom. The highest BCUT2D eigenvalue weighted by atomic mass is 35.5. The molecule has 0 aliphatic heterocycles. The van der Waals surface area contributed by atoms with Crippen LogP contribution in [0, 0.1) is 0 Å². The zero-order chi connectivity index (χ0) is 27.9. The molecular weight excluding hydrogens is 541 g/mol. The fourth-order valence-corrected chi connectivity index (χ4v) is 4.78. The number of anilines is 1. The van der Waals surface area contributed by atoms with Gasteiger partial charge in [-0.25, -0.2) is 8.42 Å². The Labute approximate surface area is 228 Å². The van der Waals surface area contributed by atoms with E-state index in [-0.39, 0.29) is 29.9 Å². The molecule has 1 N–H and O–H groups in total. The lowest BCUT2D eigenvalue weighted by atomic mass is 10.1. The van der Waals surface area contributed by atoms with E-state index in [1.165, 1.54) is 31.3 Å². The van der Waals surface area contributed by atoms with Crippen molar-refractivity contribution in [3.8, 4) is 11.5 Å². The summed E-state index contributed by atoms with van der Waals surface area (Å²) in [5, 5.41) is 3.60. The second-order valence-corrected chi connectivity index (χ2v) is 11.3. The summed E-state index contributed by atoms with van der Waals surface area (Å²) in [4.78, 5) is 28.0. The first kappa shape index (κ1) is 30.5. The summed E-state index contributed by atoms with van der Waals surface area (Å²) in [5.74, 6) is -0.386. The van der Waals surface area contributed by atoms with Gasteiger partial charge >= 0.3 is 0 Å². The number of sulfonamides is 1. The smallest absolute Gasteiger partial charge is 0.244 e. The lowest BCUT2D eigenvalue weighted by molar-refractivity contribution is -0.139. The van der Waals surface area contributed by atoms with Crippen LogP contribution in [0.4, 0.5) is 5.69 Å². The number of carbonyl (C=O) groups excluding carboxylic acids is 2. The maximum atomic E-state index is 13.7. The third kappa shape index (κ3) is 8.15. The van der Waals surface area contributed by atoms with Crippen molar-refractivity contribution >= 4 is 50.7 Å². The average molecular weight is 575 g/mol. The standard InChI is InChI=1S/C25H33Cl2N3O6S/c1-7-16(2)28-25(32)17(3)29(14-18-8-9-19(26)12-21(18)27)24(31)15-30(37(6,33)34)22-13-20(35-4)10-11-23(22)36-5/h8-13,16-17H,7,14-15H2,1-6H3,(H,28,32)/t16-,17-/m1/s1. The van der Waals surface area contributed by atoms with E-state index in [0.717, 1.165) is 10.6 Å². The number of ether oxygens (including phenoxy) is 2. The number of benzene rings is 2. The highest BCUT2D eigenvalue weighted by Crippen LogP contribution is 2.34. The van der Waals surface area contributed by atoms with E-state index in [9.17, 15) is 18.0 Å². The van der Waals surface area contributed by atoms with Crippen LogP contribution in [0.2, 0.25) is 10.0 Å². The predicted octanol–water partition coefficient (Wildman–Crippen LogP) is 4.11. The molecular formula is C25H33Cl2N3O6S. The van der Waals surface area contributed by atoms with Crippen LogP contribution in [0.5, 0.6) is 11.5 Å². The van der Waals surface area contributed by atoms with Gasteiger partial charge in [-0.15, -0.1) is 0 Å². The zero-order valence-electron chi connectivity index (χ0n) is 21.7. The number of hydrogen-bond donors (Lipinski definition) is 1. The van der Waals surface area contributed by atoms with E-state index in [1.54, 1.807) is 31.2 Å². The van der Waals surface area contributed by atoms with Crippen molar-refractivity contribution in [2.75, 3.05) is 31.3 Å². The molecule has 0 fully saturated rings. The van der Waals surface area contributed by atoms with E-state index in [1.807, 2.05) is 13.8 Å². The first-order chi connectivity index (χ1) is 17.3. The summed E-state index contributed by atoms with van der Waals surface area (Å²) in [7, 11) is -1.12. The van der Waals surface area contributed by atoms with Crippen molar-refractivity contribution in [1.29, 1.82) is 0 Å². The molecule has 0 saturated heterocycles. The van der Waals surface area contributed by atoms with Crippen LogP contribution in [0.25, 0.3) is 0 Å². The molecule has 9 nitrogen and oxygen atoms in total. The van der Waals surface area contributed by atoms with Gasteiger partial charge in [-0.1, -0.05) is 36.2 Å². The molecule has 2 aromatic carbocycles. The van der Waals surface area contributed by atoms with Crippen LogP contribution in [-0.2, 0) is 26.2 Å². The molecule has 0 spiro atoms. The second kappa shape index (κ2) is 13.2. The van der Waals surface area contributed by atoms with E-state index in [2.05, 4.69) is 5.32 Å². The lowest BCUT2D eigenvalue weighted by Gasteiger charge is -2.32. The highest BCUT2D eigenvalue weighted by molar-refractivity contribution is 7.92. The Bertz CT molecular complexity index is 1220. The van der Waals surface area contributed by atoms with Crippen LogP contribution in [0.1, 0.15) is 32.8 Å². The largest absolute Gasteiger partial charge is 0.497 e. The van der Waals surface area contributed by atoms with E-state index in [0.29, 0.717) is 27.8 Å². The minimum absolute atomic E-state index is 0.0449. The molecule has 2 rings (SSSR count). The zero-order valence-corrected chi connectivity index (χ0v) is 24.1. The summed E-state index contributed by atoms with van der Waals surface area (Å²) in [6.07, 6.45) is 1.69. The Hall–Kier alpha value is -2.69. The molecule has 0 saturated carbocycles. The molecule has 12 heteroatoms. The summed E-state index contributed by atoms with van der Waals surface area (Å²) >= 11 is 12.4. The molecule has 37 heavy (non-hydrogen) atoms. The Balaban J connectivity index is 2.51. The molecule has 2 aromatic rings. The van der Waals surface area contributed by atoms with Crippen LogP contribution >= 0.6 is 23.2 Å². The van der Waals surface area contributed by atoms with Crippen molar-refractivity contribution in [1.82, 2.24) is 10.2 Å². The summed E-state index contributed by atoms with van der Waals surface area (Å²) < 4.78 is 37.2. The van der Waals surface area contributed by atoms with Crippen molar-refractivity contribution in [3.63, 3.8) is 0 Å². The number of halogens is 2. The van der Waals surface area contributed by atoms with Gasteiger partial charge in [0.1, 0.15) is 24.1 Å². The number of nitrogens with zero attached hydrogens (tertiary/aromatic N) is 2. The third-order valence-electron chi connectivity index (χ3n) is 5.86. The summed E-state index contributed by atoms with van der Waals surface area (Å²) in [6.45, 7) is 4.73. The average Bonchev–Trinajstić information content (AvgIpc) is 2.85.